The Morgan fingerprint density at radius 3 is 2.47 bits per heavy atom. The van der Waals surface area contributed by atoms with Gasteiger partial charge in [0.1, 0.15) is 0 Å². The number of anilines is 1. The first-order chi connectivity index (χ1) is 22.0. The van der Waals surface area contributed by atoms with E-state index in [1.807, 2.05) is 30.3 Å². The number of aromatic nitrogens is 1. The highest BCUT2D eigenvalue weighted by Gasteiger charge is 2.21. The predicted molar refractivity (Wildman–Crippen MR) is 187 cm³/mol. The molecule has 0 unspecified atom stereocenters. The number of Topliss-reactive ketones (excluding diaryl/α,β-unsaturated/α-hetero) is 1. The van der Waals surface area contributed by atoms with E-state index in [2.05, 4.69) is 84.3 Å². The number of fused-ring (bicyclic) bond motifs is 1. The van der Waals surface area contributed by atoms with Crippen molar-refractivity contribution in [1.29, 1.82) is 5.26 Å². The number of H-pyrrole nitrogens is 1. The lowest BCUT2D eigenvalue weighted by molar-refractivity contribution is 0.0961. The Morgan fingerprint density at radius 2 is 1.71 bits per heavy atom. The molecule has 2 fully saturated rings. The summed E-state index contributed by atoms with van der Waals surface area (Å²) in [4.78, 5) is 23.9. The number of piperazine rings is 1. The Hall–Kier alpha value is -3.44. The average Bonchev–Trinajstić information content (AvgIpc) is 3.48. The van der Waals surface area contributed by atoms with Crippen molar-refractivity contribution in [2.75, 3.05) is 50.7 Å². The first kappa shape index (κ1) is 31.5. The van der Waals surface area contributed by atoms with Gasteiger partial charge in [0.15, 0.2) is 5.78 Å². The number of nitrogens with zero attached hydrogens (tertiary/aromatic N) is 4. The third kappa shape index (κ3) is 8.43. The Balaban J connectivity index is 0.873. The van der Waals surface area contributed by atoms with Gasteiger partial charge in [0, 0.05) is 72.0 Å². The van der Waals surface area contributed by atoms with E-state index in [0.29, 0.717) is 12.3 Å². The zero-order chi connectivity index (χ0) is 31.0. The fraction of sp³-hybridized carbons (Fsp3) is 0.421. The maximum Gasteiger partial charge on any atom is 0.162 e. The monoisotopic (exact) mass is 665 g/mol. The summed E-state index contributed by atoms with van der Waals surface area (Å²) in [6.07, 6.45) is 9.46. The van der Waals surface area contributed by atoms with Crippen molar-refractivity contribution >= 4 is 38.3 Å². The van der Waals surface area contributed by atoms with Gasteiger partial charge in [-0.25, -0.2) is 0 Å². The number of carbonyl (C=O) groups is 1. The van der Waals surface area contributed by atoms with E-state index < -0.39 is 0 Å². The number of likely N-dealkylation sites (tertiary alicyclic amines) is 1. The third-order valence-electron chi connectivity index (χ3n) is 9.78. The lowest BCUT2D eigenvalue weighted by Gasteiger charge is -2.36. The van der Waals surface area contributed by atoms with E-state index in [0.717, 1.165) is 92.7 Å². The van der Waals surface area contributed by atoms with Crippen LogP contribution in [0.3, 0.4) is 0 Å². The number of nitriles is 1. The van der Waals surface area contributed by atoms with Gasteiger partial charge in [-0.2, -0.15) is 5.26 Å². The number of hydrogen-bond acceptors (Lipinski definition) is 5. The molecule has 0 radical (unpaired) electrons. The van der Waals surface area contributed by atoms with Gasteiger partial charge < -0.3 is 9.88 Å². The molecule has 2 saturated heterocycles. The molecule has 0 amide bonds. The SMILES string of the molecule is N#Cc1ccc2[nH]cc(CCCCN3CCN(c4ccc(C(=O)CCC5CCN(Cc6cccc(Br)c6)CC5)cc4)CC3)c2c1. The van der Waals surface area contributed by atoms with E-state index in [-0.39, 0.29) is 5.78 Å². The number of hydrogen-bond donors (Lipinski definition) is 1. The van der Waals surface area contributed by atoms with E-state index in [9.17, 15) is 10.1 Å². The van der Waals surface area contributed by atoms with Crippen molar-refractivity contribution < 1.29 is 4.79 Å². The minimum atomic E-state index is 0.279. The van der Waals surface area contributed by atoms with Crippen LogP contribution in [0.5, 0.6) is 0 Å². The molecule has 234 valence electrons. The summed E-state index contributed by atoms with van der Waals surface area (Å²) in [5, 5.41) is 10.4. The van der Waals surface area contributed by atoms with Crippen LogP contribution < -0.4 is 4.90 Å². The summed E-state index contributed by atoms with van der Waals surface area (Å²) in [6, 6.07) is 25.1. The van der Waals surface area contributed by atoms with Crippen LogP contribution in [0.25, 0.3) is 10.9 Å². The van der Waals surface area contributed by atoms with E-state index in [1.54, 1.807) is 0 Å². The summed E-state index contributed by atoms with van der Waals surface area (Å²) >= 11 is 3.58. The molecule has 45 heavy (non-hydrogen) atoms. The maximum atomic E-state index is 13.0. The Morgan fingerprint density at radius 1 is 0.911 bits per heavy atom. The molecule has 3 heterocycles. The number of halogens is 1. The topological polar surface area (TPSA) is 66.4 Å². The number of aromatic amines is 1. The quantitative estimate of drug-likeness (QED) is 0.123. The van der Waals surface area contributed by atoms with Crippen LogP contribution in [0.4, 0.5) is 5.69 Å². The Labute approximate surface area is 276 Å². The number of benzene rings is 3. The van der Waals surface area contributed by atoms with Crippen LogP contribution in [0.15, 0.2) is 77.4 Å². The summed E-state index contributed by atoms with van der Waals surface area (Å²) in [7, 11) is 0. The molecular formula is C38H44BrN5O. The highest BCUT2D eigenvalue weighted by atomic mass is 79.9. The van der Waals surface area contributed by atoms with Gasteiger partial charge in [-0.3, -0.25) is 14.6 Å². The first-order valence-corrected chi connectivity index (χ1v) is 17.4. The molecule has 2 aliphatic heterocycles. The van der Waals surface area contributed by atoms with Crippen molar-refractivity contribution in [3.63, 3.8) is 0 Å². The van der Waals surface area contributed by atoms with Gasteiger partial charge in [-0.15, -0.1) is 0 Å². The lowest BCUT2D eigenvalue weighted by atomic mass is 9.90. The molecule has 7 heteroatoms. The highest BCUT2D eigenvalue weighted by molar-refractivity contribution is 9.10. The second kappa shape index (κ2) is 15.2. The van der Waals surface area contributed by atoms with Gasteiger partial charge >= 0.3 is 0 Å². The molecule has 6 nitrogen and oxygen atoms in total. The number of rotatable bonds is 12. The molecule has 2 aliphatic rings. The molecule has 0 spiro atoms. The summed E-state index contributed by atoms with van der Waals surface area (Å²) in [5.74, 6) is 0.926. The van der Waals surface area contributed by atoms with Gasteiger partial charge in [0.05, 0.1) is 11.6 Å². The molecular weight excluding hydrogens is 622 g/mol. The van der Waals surface area contributed by atoms with Crippen LogP contribution in [0, 0.1) is 17.2 Å². The van der Waals surface area contributed by atoms with Crippen molar-refractivity contribution in [2.24, 2.45) is 5.92 Å². The molecule has 1 N–H and O–H groups in total. The molecule has 0 aliphatic carbocycles. The fourth-order valence-corrected chi connectivity index (χ4v) is 7.45. The summed E-state index contributed by atoms with van der Waals surface area (Å²) in [6.45, 7) is 8.54. The Bertz CT molecular complexity index is 1610. The van der Waals surface area contributed by atoms with Crippen molar-refractivity contribution in [2.45, 2.75) is 51.5 Å². The predicted octanol–water partition coefficient (Wildman–Crippen LogP) is 7.82. The van der Waals surface area contributed by atoms with E-state index in [4.69, 9.17) is 0 Å². The molecule has 4 aromatic rings. The van der Waals surface area contributed by atoms with Crippen LogP contribution >= 0.6 is 15.9 Å². The zero-order valence-electron chi connectivity index (χ0n) is 26.2. The Kier molecular flexibility index (Phi) is 10.7. The average molecular weight is 667 g/mol. The molecule has 0 atom stereocenters. The van der Waals surface area contributed by atoms with Gasteiger partial charge in [-0.1, -0.05) is 28.1 Å². The first-order valence-electron chi connectivity index (χ1n) is 16.6. The number of ketones is 1. The fourth-order valence-electron chi connectivity index (χ4n) is 7.00. The molecule has 6 rings (SSSR count). The lowest BCUT2D eigenvalue weighted by Crippen LogP contribution is -2.46. The number of unbranched alkanes of at least 4 members (excludes halogenated alkanes) is 1. The standard InChI is InChI=1S/C38H44BrN5O/c39-34-6-3-4-31(24-34)28-43-18-15-29(16-19-43)8-14-38(45)32-9-11-35(12-10-32)44-22-20-42(21-23-44)17-2-1-5-33-27-41-37-13-7-30(26-40)25-36(33)37/h3-4,6-7,9-13,24-25,27,29,41H,1-2,5,8,14-23,28H2. The molecule has 0 saturated carbocycles. The zero-order valence-corrected chi connectivity index (χ0v) is 27.8. The smallest absolute Gasteiger partial charge is 0.162 e. The van der Waals surface area contributed by atoms with Gasteiger partial charge in [0.2, 0.25) is 0 Å². The number of nitrogens with one attached hydrogen (secondary N) is 1. The second-order valence-corrected chi connectivity index (χ2v) is 13.7. The van der Waals surface area contributed by atoms with E-state index >= 15 is 0 Å². The third-order valence-corrected chi connectivity index (χ3v) is 10.3. The minimum absolute atomic E-state index is 0.279. The molecule has 3 aromatic carbocycles. The highest BCUT2D eigenvalue weighted by Crippen LogP contribution is 2.26. The van der Waals surface area contributed by atoms with Crippen LogP contribution in [0.1, 0.15) is 65.6 Å². The van der Waals surface area contributed by atoms with Crippen molar-refractivity contribution in [3.05, 3.63) is 99.7 Å². The number of carbonyl (C=O) groups excluding carboxylic acids is 1. The van der Waals surface area contributed by atoms with Gasteiger partial charge in [-0.05, 0) is 130 Å². The maximum absolute atomic E-state index is 13.0. The number of piperidine rings is 1. The van der Waals surface area contributed by atoms with Crippen molar-refractivity contribution in [3.8, 4) is 6.07 Å². The normalized spacial score (nSPS) is 16.7. The van der Waals surface area contributed by atoms with Crippen molar-refractivity contribution in [1.82, 2.24) is 14.8 Å². The molecule has 1 aromatic heterocycles. The molecule has 0 bridgehead atoms. The second-order valence-electron chi connectivity index (χ2n) is 12.8. The largest absolute Gasteiger partial charge is 0.369 e. The summed E-state index contributed by atoms with van der Waals surface area (Å²) < 4.78 is 1.14. The van der Waals surface area contributed by atoms with Crippen LogP contribution in [-0.2, 0) is 13.0 Å². The van der Waals surface area contributed by atoms with Gasteiger partial charge in [0.25, 0.3) is 0 Å². The van der Waals surface area contributed by atoms with Crippen LogP contribution in [0.2, 0.25) is 0 Å². The number of aryl methyl sites for hydroxylation is 1. The summed E-state index contributed by atoms with van der Waals surface area (Å²) in [5.41, 5.74) is 6.57. The minimum Gasteiger partial charge on any atom is -0.369 e. The van der Waals surface area contributed by atoms with Crippen LogP contribution in [-0.4, -0.2) is 66.4 Å². The van der Waals surface area contributed by atoms with E-state index in [1.165, 1.54) is 41.5 Å².